The van der Waals surface area contributed by atoms with E-state index < -0.39 is 34.8 Å². The molecule has 3 rings (SSSR count). The van der Waals surface area contributed by atoms with Crippen LogP contribution in [0.3, 0.4) is 0 Å². The van der Waals surface area contributed by atoms with Gasteiger partial charge in [-0.25, -0.2) is 4.79 Å². The number of aromatic carboxylic acids is 1. The van der Waals surface area contributed by atoms with Crippen molar-refractivity contribution in [2.45, 2.75) is 24.6 Å². The molecular weight excluding hydrogens is 482 g/mol. The van der Waals surface area contributed by atoms with Crippen molar-refractivity contribution in [3.8, 4) is 11.1 Å². The average Bonchev–Trinajstić information content (AvgIpc) is 2.73. The summed E-state index contributed by atoms with van der Waals surface area (Å²) in [6, 6.07) is 10.4. The average molecular weight is 500 g/mol. The monoisotopic (exact) mass is 499 g/mol. The summed E-state index contributed by atoms with van der Waals surface area (Å²) in [6.07, 6.45) is -4.14. The van der Waals surface area contributed by atoms with Gasteiger partial charge in [0.25, 0.3) is 0 Å². The van der Waals surface area contributed by atoms with Crippen molar-refractivity contribution in [2.24, 2.45) is 7.05 Å². The van der Waals surface area contributed by atoms with Gasteiger partial charge < -0.3 is 14.8 Å². The van der Waals surface area contributed by atoms with Crippen LogP contribution >= 0.6 is 23.2 Å². The Kier molecular flexibility index (Phi) is 6.66. The van der Waals surface area contributed by atoms with E-state index in [4.69, 9.17) is 23.2 Å². The molecule has 2 aromatic carbocycles. The Morgan fingerprint density at radius 1 is 1.00 bits per heavy atom. The maximum Gasteiger partial charge on any atom is 0.422 e. The fourth-order valence-corrected chi connectivity index (χ4v) is 4.17. The normalized spacial score (nSPS) is 14.5. The zero-order valence-corrected chi connectivity index (χ0v) is 18.8. The topological polar surface area (TPSA) is 79.5 Å². The molecule has 0 unspecified atom stereocenters. The Hall–Kier alpha value is -2.81. The van der Waals surface area contributed by atoms with E-state index in [1.165, 1.54) is 44.3 Å². The van der Waals surface area contributed by atoms with Crippen LogP contribution < -0.4 is 5.56 Å². The number of hydrogen-bond acceptors (Lipinski definition) is 3. The minimum absolute atomic E-state index is 0.0153. The van der Waals surface area contributed by atoms with Crippen LogP contribution in [0.25, 0.3) is 11.1 Å². The number of carboxylic acid groups (broad SMARTS) is 1. The van der Waals surface area contributed by atoms with E-state index in [2.05, 4.69) is 0 Å². The second-order valence-corrected chi connectivity index (χ2v) is 8.40. The Labute approximate surface area is 196 Å². The van der Waals surface area contributed by atoms with Gasteiger partial charge in [-0.1, -0.05) is 48.3 Å². The smallest absolute Gasteiger partial charge is 0.422 e. The molecule has 0 aliphatic rings. The fourth-order valence-electron chi connectivity index (χ4n) is 3.63. The second-order valence-electron chi connectivity index (χ2n) is 7.59. The highest BCUT2D eigenvalue weighted by Crippen LogP contribution is 2.49. The van der Waals surface area contributed by atoms with Crippen molar-refractivity contribution in [3.63, 3.8) is 0 Å². The summed E-state index contributed by atoms with van der Waals surface area (Å²) >= 11 is 12.2. The van der Waals surface area contributed by atoms with Crippen LogP contribution in [0.5, 0.6) is 0 Å². The van der Waals surface area contributed by atoms with Crippen LogP contribution in [-0.2, 0) is 12.6 Å². The molecule has 0 amide bonds. The number of rotatable bonds is 5. The van der Waals surface area contributed by atoms with Crippen molar-refractivity contribution in [2.75, 3.05) is 0 Å². The second kappa shape index (κ2) is 8.85. The summed E-state index contributed by atoms with van der Waals surface area (Å²) in [6.45, 7) is 1.18. The molecule has 10 heteroatoms. The predicted octanol–water partition coefficient (Wildman–Crippen LogP) is 5.61. The van der Waals surface area contributed by atoms with Crippen LogP contribution in [0, 0.1) is 0 Å². The number of aryl methyl sites for hydroxylation is 1. The molecule has 2 atom stereocenters. The summed E-state index contributed by atoms with van der Waals surface area (Å²) in [5.74, 6) is -2.78. The molecule has 0 aliphatic heterocycles. The molecule has 0 fully saturated rings. The summed E-state index contributed by atoms with van der Waals surface area (Å²) in [4.78, 5) is 23.0. The Morgan fingerprint density at radius 2 is 1.61 bits per heavy atom. The van der Waals surface area contributed by atoms with E-state index in [1.807, 2.05) is 0 Å². The summed E-state index contributed by atoms with van der Waals surface area (Å²) < 4.78 is 43.4. The first-order chi connectivity index (χ1) is 15.3. The number of nitrogens with zero attached hydrogens (tertiary/aromatic N) is 1. The number of halogens is 5. The van der Waals surface area contributed by atoms with Crippen molar-refractivity contribution in [3.05, 3.63) is 91.8 Å². The number of carbonyl (C=O) groups is 1. The highest BCUT2D eigenvalue weighted by molar-refractivity contribution is 6.33. The number of hydrogen-bond donors (Lipinski definition) is 2. The molecule has 0 bridgehead atoms. The number of aromatic nitrogens is 1. The van der Waals surface area contributed by atoms with Gasteiger partial charge in [0.15, 0.2) is 5.60 Å². The van der Waals surface area contributed by atoms with Gasteiger partial charge in [-0.3, -0.25) is 4.79 Å². The third-order valence-corrected chi connectivity index (χ3v) is 6.24. The maximum absolute atomic E-state index is 14.1. The van der Waals surface area contributed by atoms with Gasteiger partial charge in [-0.05, 0) is 41.0 Å². The Bertz CT molecular complexity index is 1290. The lowest BCUT2D eigenvalue weighted by Gasteiger charge is -2.37. The third-order valence-electron chi connectivity index (χ3n) is 5.58. The minimum Gasteiger partial charge on any atom is -0.478 e. The number of benzene rings is 2. The quantitative estimate of drug-likeness (QED) is 0.478. The molecule has 1 heterocycles. The molecule has 0 saturated carbocycles. The van der Waals surface area contributed by atoms with Crippen LogP contribution in [0.15, 0.2) is 59.5 Å². The lowest BCUT2D eigenvalue weighted by Crippen LogP contribution is -2.47. The Morgan fingerprint density at radius 3 is 2.15 bits per heavy atom. The zero-order valence-electron chi connectivity index (χ0n) is 17.3. The van der Waals surface area contributed by atoms with Gasteiger partial charge in [0.1, 0.15) is 0 Å². The van der Waals surface area contributed by atoms with Gasteiger partial charge in [-0.2, -0.15) is 13.2 Å². The molecule has 2 N–H and O–H groups in total. The van der Waals surface area contributed by atoms with Gasteiger partial charge in [0.2, 0.25) is 5.56 Å². The fraction of sp³-hybridized carbons (Fsp3) is 0.217. The minimum atomic E-state index is -5.08. The molecule has 33 heavy (non-hydrogen) atoms. The summed E-state index contributed by atoms with van der Waals surface area (Å²) in [7, 11) is 1.28. The molecular formula is C23H18Cl2F3NO4. The van der Waals surface area contributed by atoms with E-state index in [0.29, 0.717) is 11.1 Å². The number of pyridine rings is 1. The van der Waals surface area contributed by atoms with Crippen LogP contribution in [0.4, 0.5) is 13.2 Å². The summed E-state index contributed by atoms with van der Waals surface area (Å²) in [5, 5.41) is 20.2. The van der Waals surface area contributed by atoms with E-state index >= 15 is 0 Å². The molecule has 174 valence electrons. The number of alkyl halides is 3. The van der Waals surface area contributed by atoms with Gasteiger partial charge >= 0.3 is 12.1 Å². The highest BCUT2D eigenvalue weighted by atomic mass is 35.5. The van der Waals surface area contributed by atoms with Gasteiger partial charge in [-0.15, -0.1) is 0 Å². The number of aliphatic hydroxyl groups is 1. The van der Waals surface area contributed by atoms with E-state index in [-0.39, 0.29) is 21.2 Å². The first-order valence-corrected chi connectivity index (χ1v) is 10.3. The molecule has 0 saturated heterocycles. The molecule has 0 aliphatic carbocycles. The predicted molar refractivity (Wildman–Crippen MR) is 119 cm³/mol. The zero-order chi connectivity index (χ0) is 24.7. The first kappa shape index (κ1) is 24.8. The van der Waals surface area contributed by atoms with Crippen LogP contribution in [-0.4, -0.2) is 26.9 Å². The Balaban J connectivity index is 2.10. The largest absolute Gasteiger partial charge is 0.478 e. The van der Waals surface area contributed by atoms with Crippen molar-refractivity contribution in [1.82, 2.24) is 4.57 Å². The highest BCUT2D eigenvalue weighted by Gasteiger charge is 2.59. The standard InChI is InChI=1S/C23H18Cl2F3NO4/c1-12(22(33,23(26,27)28)15-5-8-20(30)29(2)11-15)16-6-3-14(10-19(16)25)13-4-7-18(24)17(9-13)21(31)32/h3-12,33H,1-2H3,(H,31,32)/t12-,22-/m0/s1. The first-order valence-electron chi connectivity index (χ1n) is 9.56. The van der Waals surface area contributed by atoms with Crippen LogP contribution in [0.1, 0.15) is 34.3 Å². The molecule has 0 spiro atoms. The maximum atomic E-state index is 14.1. The molecule has 1 aromatic heterocycles. The molecule has 0 radical (unpaired) electrons. The lowest BCUT2D eigenvalue weighted by molar-refractivity contribution is -0.274. The van der Waals surface area contributed by atoms with Crippen molar-refractivity contribution in [1.29, 1.82) is 0 Å². The SMILES string of the molecule is C[C@@H](c1ccc(-c2ccc(Cl)c(C(=O)O)c2)cc1Cl)[C@](O)(c1ccc(=O)n(C)c1)C(F)(F)F. The van der Waals surface area contributed by atoms with E-state index in [1.54, 1.807) is 6.07 Å². The summed E-state index contributed by atoms with van der Waals surface area (Å²) in [5.41, 5.74) is -3.59. The lowest BCUT2D eigenvalue weighted by atomic mass is 9.78. The molecule has 5 nitrogen and oxygen atoms in total. The number of carboxylic acids is 1. The van der Waals surface area contributed by atoms with Gasteiger partial charge in [0.05, 0.1) is 10.6 Å². The van der Waals surface area contributed by atoms with E-state index in [9.17, 15) is 33.0 Å². The van der Waals surface area contributed by atoms with Gasteiger partial charge in [0, 0.05) is 35.8 Å². The van der Waals surface area contributed by atoms with Crippen LogP contribution in [0.2, 0.25) is 10.0 Å². The van der Waals surface area contributed by atoms with Crippen molar-refractivity contribution < 1.29 is 28.2 Å². The van der Waals surface area contributed by atoms with Crippen molar-refractivity contribution >= 4 is 29.2 Å². The molecule has 3 aromatic rings. The third kappa shape index (κ3) is 4.51. The van der Waals surface area contributed by atoms with E-state index in [0.717, 1.165) is 22.9 Å².